The molecule has 3 atom stereocenters. The van der Waals surface area contributed by atoms with E-state index < -0.39 is 0 Å². The second-order valence-corrected chi connectivity index (χ2v) is 7.19. The van der Waals surface area contributed by atoms with Crippen LogP contribution in [0.15, 0.2) is 0 Å². The fourth-order valence-corrected chi connectivity index (χ4v) is 5.71. The van der Waals surface area contributed by atoms with Crippen LogP contribution in [-0.4, -0.2) is 28.0 Å². The maximum Gasteiger partial charge on any atom is 0.118 e. The van der Waals surface area contributed by atoms with Crippen molar-refractivity contribution in [2.45, 2.75) is 50.4 Å². The molecule has 1 N–H and O–H groups in total. The maximum atomic E-state index is 9.64. The largest absolute Gasteiger partial charge is 0.393 e. The van der Waals surface area contributed by atoms with Crippen molar-refractivity contribution in [1.82, 2.24) is 0 Å². The van der Waals surface area contributed by atoms with Crippen molar-refractivity contribution in [1.29, 1.82) is 0 Å². The number of aliphatic hydroxyl groups is 1. The Balaban J connectivity index is 1.87. The van der Waals surface area contributed by atoms with Gasteiger partial charge in [-0.15, -0.1) is 0 Å². The van der Waals surface area contributed by atoms with Crippen molar-refractivity contribution in [2.75, 3.05) is 11.5 Å². The van der Waals surface area contributed by atoms with Gasteiger partial charge in [0.15, 0.2) is 0 Å². The fraction of sp³-hybridized carbons (Fsp3) is 1.00. The van der Waals surface area contributed by atoms with Crippen molar-refractivity contribution >= 4 is 10.9 Å². The lowest BCUT2D eigenvalue weighted by atomic mass is 9.88. The quantitative estimate of drug-likeness (QED) is 0.643. The first kappa shape index (κ1) is 9.85. The molecule has 1 saturated heterocycles. The van der Waals surface area contributed by atoms with Gasteiger partial charge in [0.2, 0.25) is 0 Å². The topological polar surface area (TPSA) is 20.2 Å². The summed E-state index contributed by atoms with van der Waals surface area (Å²) in [5.74, 6) is 3.55. The standard InChI is InChI=1S/C11H21OS/c1-9-8-10(4-5-11(9)12)13-6-2-3-7-13/h9-12H,2-8H2,1H3/q+1. The van der Waals surface area contributed by atoms with Crippen LogP contribution in [0.3, 0.4) is 0 Å². The summed E-state index contributed by atoms with van der Waals surface area (Å²) in [6.07, 6.45) is 6.60. The molecular weight excluding hydrogens is 180 g/mol. The molecule has 0 aromatic heterocycles. The zero-order chi connectivity index (χ0) is 9.26. The van der Waals surface area contributed by atoms with Crippen molar-refractivity contribution in [3.63, 3.8) is 0 Å². The molecule has 0 aromatic carbocycles. The molecule has 1 nitrogen and oxygen atoms in total. The monoisotopic (exact) mass is 201 g/mol. The predicted molar refractivity (Wildman–Crippen MR) is 59.1 cm³/mol. The van der Waals surface area contributed by atoms with Gasteiger partial charge in [0.1, 0.15) is 16.8 Å². The van der Waals surface area contributed by atoms with Gasteiger partial charge in [-0.2, -0.15) is 0 Å². The molecule has 2 rings (SSSR count). The van der Waals surface area contributed by atoms with Crippen LogP contribution in [0.4, 0.5) is 0 Å². The van der Waals surface area contributed by atoms with E-state index in [4.69, 9.17) is 0 Å². The van der Waals surface area contributed by atoms with E-state index in [1.807, 2.05) is 0 Å². The van der Waals surface area contributed by atoms with Crippen LogP contribution in [0, 0.1) is 5.92 Å². The van der Waals surface area contributed by atoms with E-state index in [1.165, 1.54) is 37.2 Å². The molecule has 0 aromatic rings. The Kier molecular flexibility index (Phi) is 3.20. The molecule has 2 aliphatic rings. The van der Waals surface area contributed by atoms with Crippen LogP contribution in [0.2, 0.25) is 0 Å². The molecule has 1 aliphatic heterocycles. The van der Waals surface area contributed by atoms with E-state index >= 15 is 0 Å². The highest BCUT2D eigenvalue weighted by Gasteiger charge is 2.38. The van der Waals surface area contributed by atoms with E-state index in [0.717, 1.165) is 22.6 Å². The third-order valence-corrected chi connectivity index (χ3v) is 6.61. The smallest absolute Gasteiger partial charge is 0.118 e. The maximum absolute atomic E-state index is 9.64. The molecule has 1 aliphatic carbocycles. The summed E-state index contributed by atoms with van der Waals surface area (Å²) < 4.78 is 0. The summed E-state index contributed by atoms with van der Waals surface area (Å²) in [6, 6.07) is 0. The second-order valence-electron chi connectivity index (χ2n) is 4.63. The van der Waals surface area contributed by atoms with Crippen LogP contribution < -0.4 is 0 Å². The summed E-state index contributed by atoms with van der Waals surface area (Å²) in [4.78, 5) is 0. The number of hydrogen-bond acceptors (Lipinski definition) is 1. The third kappa shape index (κ3) is 2.21. The van der Waals surface area contributed by atoms with Gasteiger partial charge in [0.05, 0.1) is 6.10 Å². The molecule has 1 heterocycles. The van der Waals surface area contributed by atoms with Gasteiger partial charge < -0.3 is 5.11 Å². The summed E-state index contributed by atoms with van der Waals surface area (Å²) >= 11 is 0. The van der Waals surface area contributed by atoms with Gasteiger partial charge in [-0.05, 0) is 48.9 Å². The Morgan fingerprint density at radius 3 is 2.46 bits per heavy atom. The molecule has 0 radical (unpaired) electrons. The van der Waals surface area contributed by atoms with Crippen molar-refractivity contribution in [3.8, 4) is 0 Å². The minimum atomic E-state index is 0.00227. The summed E-state index contributed by atoms with van der Waals surface area (Å²) in [7, 11) is 0.740. The summed E-state index contributed by atoms with van der Waals surface area (Å²) in [5.41, 5.74) is 0. The van der Waals surface area contributed by atoms with Crippen LogP contribution in [0.1, 0.15) is 39.0 Å². The van der Waals surface area contributed by atoms with Gasteiger partial charge in [-0.1, -0.05) is 6.92 Å². The first-order valence-electron chi connectivity index (χ1n) is 5.61. The van der Waals surface area contributed by atoms with Crippen LogP contribution in [0.25, 0.3) is 0 Å². The average molecular weight is 201 g/mol. The van der Waals surface area contributed by atoms with E-state index in [1.54, 1.807) is 0 Å². The number of hydrogen-bond donors (Lipinski definition) is 1. The summed E-state index contributed by atoms with van der Waals surface area (Å²) in [6.45, 7) is 2.22. The Morgan fingerprint density at radius 2 is 1.85 bits per heavy atom. The molecule has 1 saturated carbocycles. The Morgan fingerprint density at radius 1 is 1.15 bits per heavy atom. The fourth-order valence-electron chi connectivity index (χ4n) is 2.64. The Hall–Kier alpha value is 0.310. The molecule has 13 heavy (non-hydrogen) atoms. The van der Waals surface area contributed by atoms with E-state index in [2.05, 4.69) is 6.92 Å². The lowest BCUT2D eigenvalue weighted by molar-refractivity contribution is 0.0812. The number of aliphatic hydroxyl groups excluding tert-OH is 1. The van der Waals surface area contributed by atoms with Crippen LogP contribution in [-0.2, 0) is 10.9 Å². The highest BCUT2D eigenvalue weighted by molar-refractivity contribution is 7.97. The SMILES string of the molecule is CC1CC([S+]2CCCC2)CCC1O. The molecule has 0 spiro atoms. The second kappa shape index (κ2) is 4.22. The highest BCUT2D eigenvalue weighted by atomic mass is 32.2. The van der Waals surface area contributed by atoms with Gasteiger partial charge in [0.25, 0.3) is 0 Å². The van der Waals surface area contributed by atoms with E-state index in [9.17, 15) is 5.11 Å². The minimum Gasteiger partial charge on any atom is -0.393 e. The van der Waals surface area contributed by atoms with Gasteiger partial charge >= 0.3 is 0 Å². The lowest BCUT2D eigenvalue weighted by Gasteiger charge is -2.29. The molecule has 3 unspecified atom stereocenters. The minimum absolute atomic E-state index is 0.00227. The third-order valence-electron chi connectivity index (χ3n) is 3.61. The number of rotatable bonds is 1. The molecule has 0 amide bonds. The van der Waals surface area contributed by atoms with Gasteiger partial charge in [-0.25, -0.2) is 0 Å². The zero-order valence-corrected chi connectivity index (χ0v) is 9.35. The lowest BCUT2D eigenvalue weighted by Crippen LogP contribution is -2.35. The Bertz CT molecular complexity index is 165. The molecule has 76 valence electrons. The van der Waals surface area contributed by atoms with Gasteiger partial charge in [-0.3, -0.25) is 0 Å². The van der Waals surface area contributed by atoms with Crippen molar-refractivity contribution in [3.05, 3.63) is 0 Å². The first-order valence-corrected chi connectivity index (χ1v) is 7.24. The van der Waals surface area contributed by atoms with Crippen molar-refractivity contribution < 1.29 is 5.11 Å². The zero-order valence-electron chi connectivity index (χ0n) is 8.54. The highest BCUT2D eigenvalue weighted by Crippen LogP contribution is 2.32. The Labute approximate surface area is 84.3 Å². The molecule has 2 fully saturated rings. The summed E-state index contributed by atoms with van der Waals surface area (Å²) in [5, 5.41) is 10.6. The van der Waals surface area contributed by atoms with Gasteiger partial charge in [0, 0.05) is 0 Å². The van der Waals surface area contributed by atoms with E-state index in [-0.39, 0.29) is 6.10 Å². The van der Waals surface area contributed by atoms with Crippen LogP contribution in [0.5, 0.6) is 0 Å². The van der Waals surface area contributed by atoms with Crippen molar-refractivity contribution in [2.24, 2.45) is 5.92 Å². The predicted octanol–water partition coefficient (Wildman–Crippen LogP) is 1.95. The first-order chi connectivity index (χ1) is 6.27. The molecule has 2 heteroatoms. The van der Waals surface area contributed by atoms with Crippen LogP contribution >= 0.6 is 0 Å². The average Bonchev–Trinajstić information content (AvgIpc) is 2.62. The normalized spacial score (nSPS) is 42.5. The molecular formula is C11H21OS+. The van der Waals surface area contributed by atoms with E-state index in [0.29, 0.717) is 5.92 Å². The molecule has 0 bridgehead atoms.